The van der Waals surface area contributed by atoms with Gasteiger partial charge in [0, 0.05) is 54.7 Å². The maximum atomic E-state index is 11.2. The summed E-state index contributed by atoms with van der Waals surface area (Å²) in [4.78, 5) is 17.2. The highest BCUT2D eigenvalue weighted by Crippen LogP contribution is 2.31. The van der Waals surface area contributed by atoms with Crippen LogP contribution >= 0.6 is 0 Å². The summed E-state index contributed by atoms with van der Waals surface area (Å²) in [6.45, 7) is 8.48. The molecular weight excluding hydrogens is 308 g/mol. The highest BCUT2D eigenvalue weighted by molar-refractivity contribution is 5.99. The molecule has 2 aromatic rings. The fourth-order valence-corrected chi connectivity index (χ4v) is 3.08. The number of nitrogens with one attached hydrogen (secondary N) is 1. The lowest BCUT2D eigenvalue weighted by Crippen LogP contribution is -2.53. The third-order valence-corrected chi connectivity index (χ3v) is 4.57. The molecule has 2 heterocycles. The van der Waals surface area contributed by atoms with E-state index in [1.807, 2.05) is 6.07 Å². The Balaban J connectivity index is 1.83. The summed E-state index contributed by atoms with van der Waals surface area (Å²) < 4.78 is 5.42. The number of nitro benzene ring substituents is 1. The SMILES string of the molecule is CC(C)(CNc1ccc([N+](=O)[O-])c2cnccc12)N1CCOCC1. The Labute approximate surface area is 140 Å². The number of rotatable bonds is 5. The molecule has 7 heteroatoms. The van der Waals surface area contributed by atoms with Crippen LogP contribution in [0.2, 0.25) is 0 Å². The molecule has 0 atom stereocenters. The minimum absolute atomic E-state index is 0.0368. The molecule has 3 rings (SSSR count). The second-order valence-electron chi connectivity index (χ2n) is 6.58. The first-order valence-corrected chi connectivity index (χ1v) is 8.07. The quantitative estimate of drug-likeness (QED) is 0.670. The average Bonchev–Trinajstić information content (AvgIpc) is 2.60. The van der Waals surface area contributed by atoms with Gasteiger partial charge in [-0.1, -0.05) is 0 Å². The fraction of sp³-hybridized carbons (Fsp3) is 0.471. The van der Waals surface area contributed by atoms with E-state index in [1.54, 1.807) is 18.5 Å². The number of ether oxygens (including phenoxy) is 1. The van der Waals surface area contributed by atoms with E-state index in [0.29, 0.717) is 5.39 Å². The number of nitro groups is 1. The van der Waals surface area contributed by atoms with Crippen molar-refractivity contribution in [3.8, 4) is 0 Å². The van der Waals surface area contributed by atoms with Crippen LogP contribution in [0.1, 0.15) is 13.8 Å². The molecular formula is C17H22N4O3. The zero-order chi connectivity index (χ0) is 17.2. The Hall–Kier alpha value is -2.25. The van der Waals surface area contributed by atoms with E-state index in [9.17, 15) is 10.1 Å². The molecule has 1 saturated heterocycles. The van der Waals surface area contributed by atoms with Crippen molar-refractivity contribution in [1.29, 1.82) is 0 Å². The van der Waals surface area contributed by atoms with Crippen molar-refractivity contribution >= 4 is 22.1 Å². The van der Waals surface area contributed by atoms with Gasteiger partial charge in [0.2, 0.25) is 0 Å². The predicted molar refractivity (Wildman–Crippen MR) is 93.4 cm³/mol. The minimum Gasteiger partial charge on any atom is -0.383 e. The van der Waals surface area contributed by atoms with E-state index in [2.05, 4.69) is 29.0 Å². The summed E-state index contributed by atoms with van der Waals surface area (Å²) in [6, 6.07) is 5.12. The number of hydrogen-bond acceptors (Lipinski definition) is 6. The molecule has 1 aromatic carbocycles. The smallest absolute Gasteiger partial charge is 0.278 e. The second kappa shape index (κ2) is 6.70. The lowest BCUT2D eigenvalue weighted by atomic mass is 10.0. The van der Waals surface area contributed by atoms with Crippen molar-refractivity contribution in [2.24, 2.45) is 0 Å². The normalized spacial score (nSPS) is 16.2. The van der Waals surface area contributed by atoms with Gasteiger partial charge in [-0.05, 0) is 26.0 Å². The van der Waals surface area contributed by atoms with E-state index in [-0.39, 0.29) is 16.1 Å². The summed E-state index contributed by atoms with van der Waals surface area (Å²) in [5.41, 5.74) is 0.931. The first-order chi connectivity index (χ1) is 11.5. The average molecular weight is 330 g/mol. The van der Waals surface area contributed by atoms with E-state index < -0.39 is 0 Å². The number of non-ortho nitro benzene ring substituents is 1. The largest absolute Gasteiger partial charge is 0.383 e. The van der Waals surface area contributed by atoms with Crippen molar-refractivity contribution in [3.63, 3.8) is 0 Å². The van der Waals surface area contributed by atoms with Crippen LogP contribution in [0.5, 0.6) is 0 Å². The Kier molecular flexibility index (Phi) is 4.64. The van der Waals surface area contributed by atoms with E-state index in [0.717, 1.165) is 43.9 Å². The number of morpholine rings is 1. The van der Waals surface area contributed by atoms with Gasteiger partial charge in [0.05, 0.1) is 23.5 Å². The van der Waals surface area contributed by atoms with E-state index >= 15 is 0 Å². The zero-order valence-electron chi connectivity index (χ0n) is 14.0. The predicted octanol–water partition coefficient (Wildman–Crippen LogP) is 2.67. The lowest BCUT2D eigenvalue weighted by Gasteiger charge is -2.41. The van der Waals surface area contributed by atoms with Gasteiger partial charge in [-0.15, -0.1) is 0 Å². The molecule has 24 heavy (non-hydrogen) atoms. The molecule has 1 aromatic heterocycles. The molecule has 0 radical (unpaired) electrons. The van der Waals surface area contributed by atoms with Gasteiger partial charge in [0.15, 0.2) is 0 Å². The van der Waals surface area contributed by atoms with Crippen molar-refractivity contribution < 1.29 is 9.66 Å². The third-order valence-electron chi connectivity index (χ3n) is 4.57. The fourth-order valence-electron chi connectivity index (χ4n) is 3.08. The van der Waals surface area contributed by atoms with Crippen molar-refractivity contribution in [2.45, 2.75) is 19.4 Å². The van der Waals surface area contributed by atoms with E-state index in [1.165, 1.54) is 6.07 Å². The topological polar surface area (TPSA) is 80.5 Å². The standard InChI is InChI=1S/C17H22N4O3/c1-17(2,20-7-9-24-10-8-20)12-19-15-3-4-16(21(22)23)14-11-18-6-5-13(14)15/h3-6,11,19H,7-10,12H2,1-2H3. The number of aromatic nitrogens is 1. The highest BCUT2D eigenvalue weighted by Gasteiger charge is 2.28. The Morgan fingerprint density at radius 2 is 2.04 bits per heavy atom. The summed E-state index contributed by atoms with van der Waals surface area (Å²) in [5.74, 6) is 0. The highest BCUT2D eigenvalue weighted by atomic mass is 16.6. The zero-order valence-corrected chi connectivity index (χ0v) is 14.0. The molecule has 0 saturated carbocycles. The number of pyridine rings is 1. The molecule has 1 fully saturated rings. The van der Waals surface area contributed by atoms with Crippen LogP contribution < -0.4 is 5.32 Å². The Morgan fingerprint density at radius 3 is 2.75 bits per heavy atom. The van der Waals surface area contributed by atoms with Crippen LogP contribution in [-0.2, 0) is 4.74 Å². The van der Waals surface area contributed by atoms with Crippen molar-refractivity contribution in [1.82, 2.24) is 9.88 Å². The molecule has 0 amide bonds. The molecule has 128 valence electrons. The number of hydrogen-bond donors (Lipinski definition) is 1. The van der Waals surface area contributed by atoms with Gasteiger partial charge < -0.3 is 10.1 Å². The van der Waals surface area contributed by atoms with Crippen LogP contribution in [0.3, 0.4) is 0 Å². The van der Waals surface area contributed by atoms with Gasteiger partial charge in [-0.2, -0.15) is 0 Å². The van der Waals surface area contributed by atoms with E-state index in [4.69, 9.17) is 4.74 Å². The summed E-state index contributed by atoms with van der Waals surface area (Å²) >= 11 is 0. The minimum atomic E-state index is -0.370. The summed E-state index contributed by atoms with van der Waals surface area (Å²) in [7, 11) is 0. The molecule has 1 N–H and O–H groups in total. The van der Waals surface area contributed by atoms with Gasteiger partial charge in [-0.25, -0.2) is 0 Å². The maximum Gasteiger partial charge on any atom is 0.278 e. The van der Waals surface area contributed by atoms with Gasteiger partial charge >= 0.3 is 0 Å². The lowest BCUT2D eigenvalue weighted by molar-refractivity contribution is -0.383. The molecule has 7 nitrogen and oxygen atoms in total. The van der Waals surface area contributed by atoms with Gasteiger partial charge in [0.1, 0.15) is 0 Å². The van der Waals surface area contributed by atoms with Gasteiger partial charge in [0.25, 0.3) is 5.69 Å². The third kappa shape index (κ3) is 3.32. The first kappa shape index (κ1) is 16.6. The first-order valence-electron chi connectivity index (χ1n) is 8.07. The van der Waals surface area contributed by atoms with Gasteiger partial charge in [-0.3, -0.25) is 20.0 Å². The van der Waals surface area contributed by atoms with Crippen molar-refractivity contribution in [3.05, 3.63) is 40.7 Å². The van der Waals surface area contributed by atoms with Crippen LogP contribution in [0.4, 0.5) is 11.4 Å². The summed E-state index contributed by atoms with van der Waals surface area (Å²) in [5, 5.41) is 16.0. The van der Waals surface area contributed by atoms with Crippen LogP contribution in [0.25, 0.3) is 10.8 Å². The van der Waals surface area contributed by atoms with Crippen LogP contribution in [0.15, 0.2) is 30.6 Å². The van der Waals surface area contributed by atoms with Crippen LogP contribution in [-0.4, -0.2) is 53.2 Å². The monoisotopic (exact) mass is 330 g/mol. The molecule has 0 bridgehead atoms. The Bertz CT molecular complexity index is 742. The molecule has 1 aliphatic rings. The Morgan fingerprint density at radius 1 is 1.29 bits per heavy atom. The number of fused-ring (bicyclic) bond motifs is 1. The number of anilines is 1. The van der Waals surface area contributed by atoms with Crippen molar-refractivity contribution in [2.75, 3.05) is 38.2 Å². The maximum absolute atomic E-state index is 11.2. The second-order valence-corrected chi connectivity index (χ2v) is 6.58. The molecule has 0 spiro atoms. The molecule has 1 aliphatic heterocycles. The number of nitrogens with zero attached hydrogens (tertiary/aromatic N) is 3. The molecule has 0 aliphatic carbocycles. The van der Waals surface area contributed by atoms with Crippen LogP contribution in [0, 0.1) is 10.1 Å². The summed E-state index contributed by atoms with van der Waals surface area (Å²) in [6.07, 6.45) is 3.20. The number of benzene rings is 1. The molecule has 0 unspecified atom stereocenters.